The number of hydrogen-bond donors (Lipinski definition) is 1. The van der Waals surface area contributed by atoms with E-state index in [0.717, 1.165) is 11.1 Å². The molecule has 1 atom stereocenters. The first kappa shape index (κ1) is 16.0. The van der Waals surface area contributed by atoms with E-state index in [2.05, 4.69) is 10.4 Å². The predicted octanol–water partition coefficient (Wildman–Crippen LogP) is 1.41. The fraction of sp³-hybridized carbons (Fsp3) is 0.353. The summed E-state index contributed by atoms with van der Waals surface area (Å²) in [5, 5.41) is 6.88. The first-order valence-electron chi connectivity index (χ1n) is 7.82. The molecule has 0 aliphatic carbocycles. The fourth-order valence-electron chi connectivity index (χ4n) is 2.72. The van der Waals surface area contributed by atoms with E-state index in [-0.39, 0.29) is 12.0 Å². The molecule has 1 saturated heterocycles. The van der Waals surface area contributed by atoms with Gasteiger partial charge in [-0.25, -0.2) is 4.79 Å². The van der Waals surface area contributed by atoms with Crippen LogP contribution in [-0.4, -0.2) is 41.0 Å². The summed E-state index contributed by atoms with van der Waals surface area (Å²) in [6.45, 7) is 2.67. The number of amides is 2. The molecule has 1 unspecified atom stereocenters. The van der Waals surface area contributed by atoms with Gasteiger partial charge in [0.05, 0.1) is 25.7 Å². The van der Waals surface area contributed by atoms with Gasteiger partial charge in [-0.05, 0) is 18.1 Å². The van der Waals surface area contributed by atoms with E-state index in [1.54, 1.807) is 24.0 Å². The minimum atomic E-state index is -0.420. The van der Waals surface area contributed by atoms with Crippen LogP contribution in [0.15, 0.2) is 36.5 Å². The second-order valence-corrected chi connectivity index (χ2v) is 5.84. The van der Waals surface area contributed by atoms with Crippen molar-refractivity contribution in [1.29, 1.82) is 0 Å². The number of anilines is 1. The van der Waals surface area contributed by atoms with Crippen molar-refractivity contribution in [2.75, 3.05) is 18.0 Å². The maximum absolute atomic E-state index is 12.1. The highest BCUT2D eigenvalue weighted by molar-refractivity contribution is 5.88. The molecule has 0 spiro atoms. The van der Waals surface area contributed by atoms with Gasteiger partial charge >= 0.3 is 6.09 Å². The Bertz CT molecular complexity index is 756. The van der Waals surface area contributed by atoms with E-state index < -0.39 is 6.09 Å². The van der Waals surface area contributed by atoms with Gasteiger partial charge in [0, 0.05) is 13.1 Å². The number of cyclic esters (lactones) is 1. The zero-order valence-electron chi connectivity index (χ0n) is 13.7. The average molecular weight is 328 g/mol. The molecular formula is C17H20N4O3. The summed E-state index contributed by atoms with van der Waals surface area (Å²) in [5.74, 6) is 0.591. The predicted molar refractivity (Wildman–Crippen MR) is 88.7 cm³/mol. The number of benzene rings is 1. The third-order valence-corrected chi connectivity index (χ3v) is 4.08. The highest BCUT2D eigenvalue weighted by Gasteiger charge is 2.33. The van der Waals surface area contributed by atoms with Crippen molar-refractivity contribution < 1.29 is 14.3 Å². The van der Waals surface area contributed by atoms with Crippen LogP contribution in [0.1, 0.15) is 11.1 Å². The topological polar surface area (TPSA) is 76.5 Å². The Morgan fingerprint density at radius 1 is 1.38 bits per heavy atom. The van der Waals surface area contributed by atoms with Gasteiger partial charge in [0.25, 0.3) is 0 Å². The van der Waals surface area contributed by atoms with Crippen molar-refractivity contribution in [1.82, 2.24) is 15.1 Å². The van der Waals surface area contributed by atoms with Crippen molar-refractivity contribution in [2.24, 2.45) is 7.05 Å². The van der Waals surface area contributed by atoms with Crippen LogP contribution in [0.25, 0.3) is 0 Å². The van der Waals surface area contributed by atoms with Gasteiger partial charge in [0.2, 0.25) is 5.91 Å². The van der Waals surface area contributed by atoms with E-state index in [1.807, 2.05) is 31.2 Å². The molecule has 126 valence electrons. The van der Waals surface area contributed by atoms with Crippen molar-refractivity contribution in [3.8, 4) is 0 Å². The van der Waals surface area contributed by atoms with E-state index in [4.69, 9.17) is 4.74 Å². The summed E-state index contributed by atoms with van der Waals surface area (Å²) < 4.78 is 6.92. The lowest BCUT2D eigenvalue weighted by Crippen LogP contribution is -2.35. The number of rotatable bonds is 5. The van der Waals surface area contributed by atoms with E-state index in [0.29, 0.717) is 25.3 Å². The number of aryl methyl sites for hydroxylation is 2. The maximum atomic E-state index is 12.1. The van der Waals surface area contributed by atoms with Crippen molar-refractivity contribution in [3.05, 3.63) is 47.7 Å². The van der Waals surface area contributed by atoms with Gasteiger partial charge in [-0.2, -0.15) is 5.10 Å². The Balaban J connectivity index is 1.52. The molecule has 7 nitrogen and oxygen atoms in total. The quantitative estimate of drug-likeness (QED) is 0.900. The first-order valence-corrected chi connectivity index (χ1v) is 7.82. The molecule has 1 fully saturated rings. The summed E-state index contributed by atoms with van der Waals surface area (Å²) in [5.41, 5.74) is 2.08. The molecule has 2 amide bonds. The zero-order chi connectivity index (χ0) is 17.1. The Hall–Kier alpha value is -2.83. The number of ether oxygens (including phenoxy) is 1. The van der Waals surface area contributed by atoms with E-state index in [9.17, 15) is 9.59 Å². The zero-order valence-corrected chi connectivity index (χ0v) is 13.7. The van der Waals surface area contributed by atoms with Crippen LogP contribution in [0.5, 0.6) is 0 Å². The standard InChI is InChI=1S/C17H20N4O3/c1-12-5-3-4-6-13(12)9-15(22)18-10-14-11-21(17(23)24-14)16-7-8-19-20(16)2/h3-8,14H,9-11H2,1-2H3,(H,18,22). The van der Waals surface area contributed by atoms with Crippen molar-refractivity contribution in [3.63, 3.8) is 0 Å². The molecule has 1 N–H and O–H groups in total. The summed E-state index contributed by atoms with van der Waals surface area (Å²) >= 11 is 0. The smallest absolute Gasteiger partial charge is 0.416 e. The summed E-state index contributed by atoms with van der Waals surface area (Å²) in [6, 6.07) is 9.53. The van der Waals surface area contributed by atoms with Crippen LogP contribution >= 0.6 is 0 Å². The molecule has 7 heteroatoms. The van der Waals surface area contributed by atoms with Crippen LogP contribution in [-0.2, 0) is 23.0 Å². The lowest BCUT2D eigenvalue weighted by atomic mass is 10.1. The van der Waals surface area contributed by atoms with Crippen LogP contribution in [0, 0.1) is 6.92 Å². The molecule has 1 aliphatic heterocycles. The summed E-state index contributed by atoms with van der Waals surface area (Å²) in [4.78, 5) is 25.6. The highest BCUT2D eigenvalue weighted by Crippen LogP contribution is 2.20. The largest absolute Gasteiger partial charge is 0.442 e. The molecule has 1 aliphatic rings. The minimum absolute atomic E-state index is 0.0840. The van der Waals surface area contributed by atoms with Gasteiger partial charge in [-0.15, -0.1) is 0 Å². The molecule has 2 heterocycles. The van der Waals surface area contributed by atoms with Crippen LogP contribution in [0.2, 0.25) is 0 Å². The Morgan fingerprint density at radius 3 is 2.88 bits per heavy atom. The van der Waals surface area contributed by atoms with Crippen LogP contribution in [0.4, 0.5) is 10.6 Å². The van der Waals surface area contributed by atoms with Gasteiger partial charge in [0.1, 0.15) is 11.9 Å². The summed E-state index contributed by atoms with van der Waals surface area (Å²) in [6.07, 6.45) is 1.16. The van der Waals surface area contributed by atoms with Gasteiger partial charge < -0.3 is 10.1 Å². The van der Waals surface area contributed by atoms with Gasteiger partial charge in [0.15, 0.2) is 0 Å². The average Bonchev–Trinajstić information content (AvgIpc) is 3.13. The minimum Gasteiger partial charge on any atom is -0.442 e. The number of nitrogens with zero attached hydrogens (tertiary/aromatic N) is 3. The van der Waals surface area contributed by atoms with Crippen LogP contribution in [0.3, 0.4) is 0 Å². The molecule has 0 bridgehead atoms. The Morgan fingerprint density at radius 2 is 2.17 bits per heavy atom. The van der Waals surface area contributed by atoms with Crippen molar-refractivity contribution >= 4 is 17.8 Å². The molecule has 0 saturated carbocycles. The van der Waals surface area contributed by atoms with E-state index in [1.165, 1.54) is 4.90 Å². The van der Waals surface area contributed by atoms with Gasteiger partial charge in [-0.3, -0.25) is 14.4 Å². The molecule has 3 rings (SSSR count). The maximum Gasteiger partial charge on any atom is 0.416 e. The number of aromatic nitrogens is 2. The highest BCUT2D eigenvalue weighted by atomic mass is 16.6. The first-order chi connectivity index (χ1) is 11.5. The van der Waals surface area contributed by atoms with Gasteiger partial charge in [-0.1, -0.05) is 24.3 Å². The molecule has 0 radical (unpaired) electrons. The third kappa shape index (κ3) is 3.40. The normalized spacial score (nSPS) is 17.0. The third-order valence-electron chi connectivity index (χ3n) is 4.08. The number of nitrogens with one attached hydrogen (secondary N) is 1. The van der Waals surface area contributed by atoms with Crippen LogP contribution < -0.4 is 10.2 Å². The number of carbonyl (C=O) groups is 2. The number of hydrogen-bond acceptors (Lipinski definition) is 4. The lowest BCUT2D eigenvalue weighted by molar-refractivity contribution is -0.120. The summed E-state index contributed by atoms with van der Waals surface area (Å²) in [7, 11) is 1.76. The SMILES string of the molecule is Cc1ccccc1CC(=O)NCC1CN(c2ccnn2C)C(=O)O1. The Labute approximate surface area is 140 Å². The molecule has 24 heavy (non-hydrogen) atoms. The van der Waals surface area contributed by atoms with Crippen molar-refractivity contribution in [2.45, 2.75) is 19.4 Å². The lowest BCUT2D eigenvalue weighted by Gasteiger charge is -2.13. The van der Waals surface area contributed by atoms with E-state index >= 15 is 0 Å². The fourth-order valence-corrected chi connectivity index (χ4v) is 2.72. The second kappa shape index (κ2) is 6.74. The molecule has 1 aromatic heterocycles. The molecule has 1 aromatic carbocycles. The molecule has 2 aromatic rings. The molecular weight excluding hydrogens is 308 g/mol. The second-order valence-electron chi connectivity index (χ2n) is 5.84. The monoisotopic (exact) mass is 328 g/mol. The Kier molecular flexibility index (Phi) is 4.50. The number of carbonyl (C=O) groups excluding carboxylic acids is 2.